The maximum Gasteiger partial charge on any atom is 0.157 e. The third kappa shape index (κ3) is 3.39. The molecule has 3 aliphatic carbocycles. The van der Waals surface area contributed by atoms with Gasteiger partial charge in [0.15, 0.2) is 12.6 Å². The second kappa shape index (κ2) is 7.97. The van der Waals surface area contributed by atoms with E-state index in [1.54, 1.807) is 0 Å². The van der Waals surface area contributed by atoms with Crippen LogP contribution in [0.1, 0.15) is 106 Å². The summed E-state index contributed by atoms with van der Waals surface area (Å²) in [6.07, 6.45) is 4.71. The average Bonchev–Trinajstić information content (AvgIpc) is 3.13. The van der Waals surface area contributed by atoms with E-state index in [1.165, 1.54) is 0 Å². The standard InChI is InChI=1S/C28H40O6/c1-14(2)11-19(20-24(32)15(12-29)23(31)16(13-30)25(20)33)27(5)9-7-18-22(27)21-17(26(21,3)4)8-10-28(18,6)34/h12-14,17-19,21-22,31-34H,7-11H2,1-6H3/t17-,18-,19+,21+,22+,27-,28+/m0/s1. The fourth-order valence-electron chi connectivity index (χ4n) is 8.23. The van der Waals surface area contributed by atoms with Crippen LogP contribution < -0.4 is 0 Å². The number of benzene rings is 1. The number of phenols is 3. The van der Waals surface area contributed by atoms with Crippen LogP contribution in [0.15, 0.2) is 0 Å². The highest BCUT2D eigenvalue weighted by Crippen LogP contribution is 2.76. The summed E-state index contributed by atoms with van der Waals surface area (Å²) in [5, 5.41) is 44.1. The van der Waals surface area contributed by atoms with Crippen molar-refractivity contribution in [3.63, 3.8) is 0 Å². The van der Waals surface area contributed by atoms with Crippen molar-refractivity contribution in [1.29, 1.82) is 0 Å². The quantitative estimate of drug-likeness (QED) is 0.412. The van der Waals surface area contributed by atoms with Crippen LogP contribution in [0.5, 0.6) is 17.2 Å². The van der Waals surface area contributed by atoms with Crippen molar-refractivity contribution in [2.75, 3.05) is 0 Å². The Morgan fingerprint density at radius 2 is 1.38 bits per heavy atom. The maximum absolute atomic E-state index is 11.8. The SMILES string of the molecule is CC(C)C[C@H](c1c(O)c(C=O)c(O)c(C=O)c1O)[C@]1(C)CC[C@H]2[C@@H]1[C@H]1[C@H](CC[C@@]2(C)O)C1(C)C. The highest BCUT2D eigenvalue weighted by Gasteiger charge is 2.70. The van der Waals surface area contributed by atoms with Gasteiger partial charge in [-0.15, -0.1) is 0 Å². The summed E-state index contributed by atoms with van der Waals surface area (Å²) >= 11 is 0. The molecule has 188 valence electrons. The van der Waals surface area contributed by atoms with Gasteiger partial charge in [0.2, 0.25) is 0 Å². The van der Waals surface area contributed by atoms with Crippen molar-refractivity contribution in [3.05, 3.63) is 16.7 Å². The number of phenolic OH excluding ortho intramolecular Hbond substituents is 3. The summed E-state index contributed by atoms with van der Waals surface area (Å²) in [4.78, 5) is 23.6. The van der Waals surface area contributed by atoms with Gasteiger partial charge < -0.3 is 20.4 Å². The van der Waals surface area contributed by atoms with E-state index in [0.717, 1.165) is 25.7 Å². The van der Waals surface area contributed by atoms with Gasteiger partial charge in [-0.3, -0.25) is 9.59 Å². The van der Waals surface area contributed by atoms with Crippen molar-refractivity contribution in [2.45, 2.75) is 85.2 Å². The molecule has 0 heterocycles. The molecule has 0 bridgehead atoms. The van der Waals surface area contributed by atoms with Gasteiger partial charge in [0.1, 0.15) is 17.2 Å². The molecule has 4 N–H and O–H groups in total. The minimum absolute atomic E-state index is 0.0985. The van der Waals surface area contributed by atoms with Crippen LogP contribution in [0.25, 0.3) is 0 Å². The van der Waals surface area contributed by atoms with E-state index < -0.39 is 22.8 Å². The van der Waals surface area contributed by atoms with Crippen LogP contribution in [0.2, 0.25) is 0 Å². The van der Waals surface area contributed by atoms with E-state index in [2.05, 4.69) is 34.6 Å². The number of rotatable bonds is 6. The Bertz CT molecular complexity index is 974. The van der Waals surface area contributed by atoms with Crippen LogP contribution in [0.3, 0.4) is 0 Å². The van der Waals surface area contributed by atoms with E-state index >= 15 is 0 Å². The van der Waals surface area contributed by atoms with Gasteiger partial charge in [0.25, 0.3) is 0 Å². The molecule has 0 amide bonds. The molecular weight excluding hydrogens is 432 g/mol. The molecule has 0 radical (unpaired) electrons. The first-order valence-corrected chi connectivity index (χ1v) is 12.7. The first-order valence-electron chi connectivity index (χ1n) is 12.7. The second-order valence-electron chi connectivity index (χ2n) is 12.7. The number of aliphatic hydroxyl groups is 1. The van der Waals surface area contributed by atoms with E-state index in [-0.39, 0.29) is 51.2 Å². The van der Waals surface area contributed by atoms with Crippen LogP contribution in [0.4, 0.5) is 0 Å². The molecule has 3 fully saturated rings. The molecule has 0 spiro atoms. The Kier molecular flexibility index (Phi) is 5.87. The van der Waals surface area contributed by atoms with E-state index in [0.29, 0.717) is 30.8 Å². The molecule has 0 unspecified atom stereocenters. The molecule has 6 nitrogen and oxygen atoms in total. The number of fused-ring (bicyclic) bond motifs is 3. The molecule has 1 aromatic rings. The van der Waals surface area contributed by atoms with E-state index in [9.17, 15) is 30.0 Å². The number of carbonyl (C=O) groups excluding carboxylic acids is 2. The third-order valence-electron chi connectivity index (χ3n) is 10.1. The lowest BCUT2D eigenvalue weighted by atomic mass is 9.59. The molecule has 0 aliphatic heterocycles. The highest BCUT2D eigenvalue weighted by molar-refractivity contribution is 5.95. The fourth-order valence-corrected chi connectivity index (χ4v) is 8.23. The molecular formula is C28H40O6. The maximum atomic E-state index is 11.8. The van der Waals surface area contributed by atoms with E-state index in [4.69, 9.17) is 0 Å². The Labute approximate surface area is 202 Å². The van der Waals surface area contributed by atoms with Gasteiger partial charge >= 0.3 is 0 Å². The lowest BCUT2D eigenvalue weighted by molar-refractivity contribution is -0.0441. The van der Waals surface area contributed by atoms with Crippen LogP contribution in [-0.2, 0) is 0 Å². The molecule has 34 heavy (non-hydrogen) atoms. The topological polar surface area (TPSA) is 115 Å². The molecule has 6 heteroatoms. The summed E-state index contributed by atoms with van der Waals surface area (Å²) in [6, 6.07) is 0. The van der Waals surface area contributed by atoms with Crippen molar-refractivity contribution in [3.8, 4) is 17.2 Å². The molecule has 0 aromatic heterocycles. The van der Waals surface area contributed by atoms with Gasteiger partial charge in [-0.2, -0.15) is 0 Å². The van der Waals surface area contributed by atoms with E-state index in [1.807, 2.05) is 6.92 Å². The summed E-state index contributed by atoms with van der Waals surface area (Å²) < 4.78 is 0. The first kappa shape index (κ1) is 25.0. The minimum Gasteiger partial charge on any atom is -0.507 e. The second-order valence-corrected chi connectivity index (χ2v) is 12.7. The van der Waals surface area contributed by atoms with Gasteiger partial charge in [-0.05, 0) is 85.4 Å². The molecule has 3 aliphatic rings. The Balaban J connectivity index is 1.94. The van der Waals surface area contributed by atoms with Gasteiger partial charge in [0.05, 0.1) is 16.7 Å². The third-order valence-corrected chi connectivity index (χ3v) is 10.1. The first-order chi connectivity index (χ1) is 15.7. The highest BCUT2D eigenvalue weighted by atomic mass is 16.3. The average molecular weight is 473 g/mol. The Hall–Kier alpha value is -2.08. The summed E-state index contributed by atoms with van der Waals surface area (Å²) in [5.74, 6) is -0.524. The van der Waals surface area contributed by atoms with Crippen LogP contribution in [-0.4, -0.2) is 38.6 Å². The largest absolute Gasteiger partial charge is 0.507 e. The normalized spacial score (nSPS) is 36.9. The summed E-state index contributed by atoms with van der Waals surface area (Å²) in [5.41, 5.74) is -1.55. The van der Waals surface area contributed by atoms with Crippen molar-refractivity contribution in [1.82, 2.24) is 0 Å². The zero-order valence-electron chi connectivity index (χ0n) is 21.3. The number of aldehydes is 2. The molecule has 3 saturated carbocycles. The number of hydrogen-bond donors (Lipinski definition) is 4. The fraction of sp³-hybridized carbons (Fsp3) is 0.714. The summed E-state index contributed by atoms with van der Waals surface area (Å²) in [6.45, 7) is 12.9. The summed E-state index contributed by atoms with van der Waals surface area (Å²) in [7, 11) is 0. The molecule has 4 rings (SSSR count). The van der Waals surface area contributed by atoms with Crippen molar-refractivity contribution in [2.24, 2.45) is 40.4 Å². The zero-order valence-corrected chi connectivity index (χ0v) is 21.3. The Morgan fingerprint density at radius 3 is 1.88 bits per heavy atom. The smallest absolute Gasteiger partial charge is 0.157 e. The van der Waals surface area contributed by atoms with Crippen molar-refractivity contribution < 1.29 is 30.0 Å². The predicted molar refractivity (Wildman–Crippen MR) is 129 cm³/mol. The molecule has 1 aromatic carbocycles. The lowest BCUT2D eigenvalue weighted by Crippen LogP contribution is -2.42. The van der Waals surface area contributed by atoms with Gasteiger partial charge in [0, 0.05) is 5.56 Å². The number of aromatic hydroxyl groups is 3. The van der Waals surface area contributed by atoms with Gasteiger partial charge in [-0.25, -0.2) is 0 Å². The predicted octanol–water partition coefficient (Wildman–Crippen LogP) is 5.41. The number of carbonyl (C=O) groups is 2. The van der Waals surface area contributed by atoms with Gasteiger partial charge in [-0.1, -0.05) is 34.6 Å². The number of hydrogen-bond acceptors (Lipinski definition) is 6. The lowest BCUT2D eigenvalue weighted by Gasteiger charge is -2.45. The monoisotopic (exact) mass is 472 g/mol. The van der Waals surface area contributed by atoms with Crippen LogP contribution >= 0.6 is 0 Å². The molecule has 0 saturated heterocycles. The molecule has 7 atom stereocenters. The van der Waals surface area contributed by atoms with Crippen molar-refractivity contribution >= 4 is 12.6 Å². The van der Waals surface area contributed by atoms with Crippen LogP contribution in [0, 0.1) is 40.4 Å². The Morgan fingerprint density at radius 1 is 0.853 bits per heavy atom. The minimum atomic E-state index is -0.782. The zero-order chi connectivity index (χ0) is 25.4.